The number of rotatable bonds is 6. The SMILES string of the molecule is Cc1occc1Oc1ccc(CN[C@@H](C)C(N)=O)cc1. The van der Waals surface area contributed by atoms with Gasteiger partial charge in [-0.15, -0.1) is 0 Å². The summed E-state index contributed by atoms with van der Waals surface area (Å²) in [4.78, 5) is 10.9. The molecule has 0 saturated heterocycles. The first kappa shape index (κ1) is 14.1. The molecule has 2 rings (SSSR count). The van der Waals surface area contributed by atoms with Gasteiger partial charge in [-0.25, -0.2) is 0 Å². The molecule has 5 heteroatoms. The van der Waals surface area contributed by atoms with Gasteiger partial charge in [-0.3, -0.25) is 4.79 Å². The number of carbonyl (C=O) groups excluding carboxylic acids is 1. The van der Waals surface area contributed by atoms with Crippen molar-refractivity contribution in [1.29, 1.82) is 0 Å². The summed E-state index contributed by atoms with van der Waals surface area (Å²) in [5.41, 5.74) is 6.23. The number of aryl methyl sites for hydroxylation is 1. The van der Waals surface area contributed by atoms with E-state index in [1.807, 2.05) is 31.2 Å². The van der Waals surface area contributed by atoms with Crippen LogP contribution < -0.4 is 15.8 Å². The fraction of sp³-hybridized carbons (Fsp3) is 0.267. The molecule has 20 heavy (non-hydrogen) atoms. The van der Waals surface area contributed by atoms with Gasteiger partial charge in [0, 0.05) is 12.6 Å². The Bertz CT molecular complexity index is 575. The van der Waals surface area contributed by atoms with Crippen LogP contribution in [0.4, 0.5) is 0 Å². The molecule has 5 nitrogen and oxygen atoms in total. The second kappa shape index (κ2) is 6.25. The number of amides is 1. The fourth-order valence-corrected chi connectivity index (χ4v) is 1.65. The Kier molecular flexibility index (Phi) is 4.42. The van der Waals surface area contributed by atoms with E-state index in [-0.39, 0.29) is 11.9 Å². The smallest absolute Gasteiger partial charge is 0.234 e. The lowest BCUT2D eigenvalue weighted by Crippen LogP contribution is -2.38. The zero-order chi connectivity index (χ0) is 14.5. The molecule has 1 amide bonds. The molecule has 0 aliphatic heterocycles. The number of hydrogen-bond acceptors (Lipinski definition) is 4. The van der Waals surface area contributed by atoms with Crippen molar-refractivity contribution in [2.45, 2.75) is 26.4 Å². The highest BCUT2D eigenvalue weighted by Crippen LogP contribution is 2.25. The van der Waals surface area contributed by atoms with Gasteiger partial charge in [0.15, 0.2) is 5.75 Å². The molecule has 1 atom stereocenters. The summed E-state index contributed by atoms with van der Waals surface area (Å²) >= 11 is 0. The van der Waals surface area contributed by atoms with Gasteiger partial charge in [0.1, 0.15) is 11.5 Å². The van der Waals surface area contributed by atoms with Gasteiger partial charge in [-0.05, 0) is 31.5 Å². The van der Waals surface area contributed by atoms with E-state index in [1.165, 1.54) is 0 Å². The van der Waals surface area contributed by atoms with Crippen LogP contribution in [0, 0.1) is 6.92 Å². The molecule has 0 unspecified atom stereocenters. The zero-order valence-electron chi connectivity index (χ0n) is 11.6. The fourth-order valence-electron chi connectivity index (χ4n) is 1.65. The Morgan fingerprint density at radius 3 is 2.60 bits per heavy atom. The molecule has 0 fully saturated rings. The van der Waals surface area contributed by atoms with Crippen molar-refractivity contribution in [3.63, 3.8) is 0 Å². The topological polar surface area (TPSA) is 77.5 Å². The monoisotopic (exact) mass is 274 g/mol. The van der Waals surface area contributed by atoms with Crippen molar-refractivity contribution >= 4 is 5.91 Å². The maximum atomic E-state index is 10.9. The highest BCUT2D eigenvalue weighted by atomic mass is 16.5. The molecule has 3 N–H and O–H groups in total. The van der Waals surface area contributed by atoms with Crippen molar-refractivity contribution in [2.24, 2.45) is 5.73 Å². The molecule has 1 aromatic carbocycles. The molecular weight excluding hydrogens is 256 g/mol. The molecular formula is C15H18N2O3. The average molecular weight is 274 g/mol. The van der Waals surface area contributed by atoms with Gasteiger partial charge in [0.2, 0.25) is 5.91 Å². The zero-order valence-corrected chi connectivity index (χ0v) is 11.6. The quantitative estimate of drug-likeness (QED) is 0.847. The molecule has 0 spiro atoms. The van der Waals surface area contributed by atoms with Crippen LogP contribution >= 0.6 is 0 Å². The Balaban J connectivity index is 1.93. The lowest BCUT2D eigenvalue weighted by Gasteiger charge is -2.10. The number of benzene rings is 1. The summed E-state index contributed by atoms with van der Waals surface area (Å²) in [5, 5.41) is 3.04. The summed E-state index contributed by atoms with van der Waals surface area (Å²) in [6.45, 7) is 4.16. The van der Waals surface area contributed by atoms with Gasteiger partial charge in [0.25, 0.3) is 0 Å². The highest BCUT2D eigenvalue weighted by Gasteiger charge is 2.07. The van der Waals surface area contributed by atoms with Crippen LogP contribution in [-0.4, -0.2) is 11.9 Å². The number of carbonyl (C=O) groups is 1. The second-order valence-electron chi connectivity index (χ2n) is 4.59. The molecule has 106 valence electrons. The van der Waals surface area contributed by atoms with Gasteiger partial charge >= 0.3 is 0 Å². The minimum atomic E-state index is -0.361. The predicted octanol–water partition coefficient (Wildman–Crippen LogP) is 2.34. The Morgan fingerprint density at radius 2 is 2.05 bits per heavy atom. The van der Waals surface area contributed by atoms with Crippen LogP contribution in [0.1, 0.15) is 18.2 Å². The molecule has 0 saturated carbocycles. The van der Waals surface area contributed by atoms with Crippen LogP contribution in [-0.2, 0) is 11.3 Å². The van der Waals surface area contributed by atoms with E-state index < -0.39 is 0 Å². The van der Waals surface area contributed by atoms with Crippen LogP contribution in [0.3, 0.4) is 0 Å². The standard InChI is InChI=1S/C15H18N2O3/c1-10(15(16)18)17-9-12-3-5-13(6-4-12)20-14-7-8-19-11(14)2/h3-8,10,17H,9H2,1-2H3,(H2,16,18)/t10-/m0/s1. The first-order valence-corrected chi connectivity index (χ1v) is 6.40. The maximum Gasteiger partial charge on any atom is 0.234 e. The number of furan rings is 1. The Hall–Kier alpha value is -2.27. The third-order valence-corrected chi connectivity index (χ3v) is 3.00. The van der Waals surface area contributed by atoms with E-state index in [0.717, 1.165) is 17.1 Å². The summed E-state index contributed by atoms with van der Waals surface area (Å²) in [6, 6.07) is 9.05. The first-order chi connectivity index (χ1) is 9.56. The van der Waals surface area contributed by atoms with E-state index in [9.17, 15) is 4.79 Å². The third kappa shape index (κ3) is 3.61. The summed E-state index contributed by atoms with van der Waals surface area (Å²) in [7, 11) is 0. The first-order valence-electron chi connectivity index (χ1n) is 6.40. The van der Waals surface area contributed by atoms with Gasteiger partial charge < -0.3 is 20.2 Å². The molecule has 0 bridgehead atoms. The molecule has 0 radical (unpaired) electrons. The predicted molar refractivity (Wildman–Crippen MR) is 75.5 cm³/mol. The number of nitrogens with one attached hydrogen (secondary N) is 1. The van der Waals surface area contributed by atoms with E-state index in [1.54, 1.807) is 19.3 Å². The van der Waals surface area contributed by atoms with Crippen LogP contribution in [0.25, 0.3) is 0 Å². The minimum Gasteiger partial charge on any atom is -0.466 e. The van der Waals surface area contributed by atoms with Gasteiger partial charge in [-0.1, -0.05) is 12.1 Å². The van der Waals surface area contributed by atoms with Crippen LogP contribution in [0.2, 0.25) is 0 Å². The Morgan fingerprint density at radius 1 is 1.35 bits per heavy atom. The molecule has 0 aliphatic carbocycles. The molecule has 1 aromatic heterocycles. The maximum absolute atomic E-state index is 10.9. The largest absolute Gasteiger partial charge is 0.466 e. The van der Waals surface area contributed by atoms with Crippen molar-refractivity contribution in [1.82, 2.24) is 5.32 Å². The van der Waals surface area contributed by atoms with Crippen LogP contribution in [0.15, 0.2) is 41.0 Å². The van der Waals surface area contributed by atoms with E-state index in [2.05, 4.69) is 5.32 Å². The van der Waals surface area contributed by atoms with Crippen molar-refractivity contribution < 1.29 is 13.9 Å². The second-order valence-corrected chi connectivity index (χ2v) is 4.59. The number of hydrogen-bond donors (Lipinski definition) is 2. The van der Waals surface area contributed by atoms with Gasteiger partial charge in [0.05, 0.1) is 12.3 Å². The third-order valence-electron chi connectivity index (χ3n) is 3.00. The van der Waals surface area contributed by atoms with Gasteiger partial charge in [-0.2, -0.15) is 0 Å². The molecule has 1 heterocycles. The normalized spacial score (nSPS) is 12.1. The minimum absolute atomic E-state index is 0.348. The average Bonchev–Trinajstić information content (AvgIpc) is 2.83. The van der Waals surface area contributed by atoms with Crippen molar-refractivity contribution in [3.05, 3.63) is 47.9 Å². The Labute approximate surface area is 117 Å². The number of primary amides is 1. The summed E-state index contributed by atoms with van der Waals surface area (Å²) in [5.74, 6) is 1.82. The lowest BCUT2D eigenvalue weighted by atomic mass is 10.2. The number of nitrogens with two attached hydrogens (primary N) is 1. The highest BCUT2D eigenvalue weighted by molar-refractivity contribution is 5.79. The number of ether oxygens (including phenoxy) is 1. The van der Waals surface area contributed by atoms with Crippen molar-refractivity contribution in [3.8, 4) is 11.5 Å². The lowest BCUT2D eigenvalue weighted by molar-refractivity contribution is -0.119. The van der Waals surface area contributed by atoms with E-state index in [4.69, 9.17) is 14.9 Å². The van der Waals surface area contributed by atoms with Crippen LogP contribution in [0.5, 0.6) is 11.5 Å². The molecule has 0 aliphatic rings. The van der Waals surface area contributed by atoms with E-state index >= 15 is 0 Å². The summed E-state index contributed by atoms with van der Waals surface area (Å²) < 4.78 is 10.8. The molecule has 2 aromatic rings. The van der Waals surface area contributed by atoms with E-state index in [0.29, 0.717) is 12.3 Å². The van der Waals surface area contributed by atoms with Crippen molar-refractivity contribution in [2.75, 3.05) is 0 Å². The summed E-state index contributed by atoms with van der Waals surface area (Å²) in [6.07, 6.45) is 1.59.